The zero-order chi connectivity index (χ0) is 26.6. The number of esters is 1. The van der Waals surface area contributed by atoms with E-state index in [1.165, 1.54) is 31.8 Å². The molecule has 0 unspecified atom stereocenters. The van der Waals surface area contributed by atoms with Crippen LogP contribution in [0.2, 0.25) is 0 Å². The van der Waals surface area contributed by atoms with E-state index in [9.17, 15) is 14.7 Å². The van der Waals surface area contributed by atoms with Gasteiger partial charge in [0.2, 0.25) is 0 Å². The van der Waals surface area contributed by atoms with Gasteiger partial charge in [-0.05, 0) is 67.3 Å². The Labute approximate surface area is 215 Å². The van der Waals surface area contributed by atoms with Crippen LogP contribution in [-0.2, 0) is 14.3 Å². The molecule has 0 fully saturated rings. The van der Waals surface area contributed by atoms with Gasteiger partial charge in [-0.15, -0.1) is 0 Å². The van der Waals surface area contributed by atoms with E-state index in [1.54, 1.807) is 33.3 Å². The van der Waals surface area contributed by atoms with Crippen LogP contribution in [0, 0.1) is 0 Å². The Hall–Kier alpha value is -3.54. The van der Waals surface area contributed by atoms with E-state index in [1.807, 2.05) is 48.5 Å². The molecule has 196 valence electrons. The van der Waals surface area contributed by atoms with Gasteiger partial charge in [0, 0.05) is 11.6 Å². The van der Waals surface area contributed by atoms with E-state index in [0.29, 0.717) is 18.6 Å². The topological polar surface area (TPSA) is 82.1 Å². The summed E-state index contributed by atoms with van der Waals surface area (Å²) in [6, 6.07) is 14.9. The van der Waals surface area contributed by atoms with E-state index >= 15 is 0 Å². The first-order chi connectivity index (χ1) is 17.4. The quantitative estimate of drug-likeness (QED) is 0.169. The van der Waals surface area contributed by atoms with Gasteiger partial charge in [0.15, 0.2) is 0 Å². The third-order valence-corrected chi connectivity index (χ3v) is 5.35. The summed E-state index contributed by atoms with van der Waals surface area (Å²) in [5.74, 6) is 0.427. The summed E-state index contributed by atoms with van der Waals surface area (Å²) in [5.41, 5.74) is 2.32. The SMILES string of the molecule is CCCCCCCCC(=Cc1ccc(OC)cc1)C(=O)O.CCOC(=O)C=Cc1ccc(OC)cc1. The van der Waals surface area contributed by atoms with Gasteiger partial charge >= 0.3 is 11.9 Å². The molecule has 6 nitrogen and oxygen atoms in total. The highest BCUT2D eigenvalue weighted by Crippen LogP contribution is 2.18. The highest BCUT2D eigenvalue weighted by molar-refractivity contribution is 5.92. The molecule has 0 saturated carbocycles. The number of carbonyl (C=O) groups excluding carboxylic acids is 1. The number of hydrogen-bond acceptors (Lipinski definition) is 5. The average molecular weight is 497 g/mol. The van der Waals surface area contributed by atoms with Crippen molar-refractivity contribution in [1.29, 1.82) is 0 Å². The van der Waals surface area contributed by atoms with Gasteiger partial charge in [-0.2, -0.15) is 0 Å². The summed E-state index contributed by atoms with van der Waals surface area (Å²) in [4.78, 5) is 22.3. The van der Waals surface area contributed by atoms with Crippen molar-refractivity contribution in [3.63, 3.8) is 0 Å². The summed E-state index contributed by atoms with van der Waals surface area (Å²) >= 11 is 0. The van der Waals surface area contributed by atoms with Crippen LogP contribution in [-0.4, -0.2) is 37.9 Å². The van der Waals surface area contributed by atoms with Gasteiger partial charge < -0.3 is 19.3 Å². The zero-order valence-electron chi connectivity index (χ0n) is 22.0. The number of unbranched alkanes of at least 4 members (excludes halogenated alkanes) is 5. The van der Waals surface area contributed by atoms with Crippen molar-refractivity contribution in [2.45, 2.75) is 58.8 Å². The van der Waals surface area contributed by atoms with Gasteiger partial charge in [-0.25, -0.2) is 9.59 Å². The average Bonchev–Trinajstić information content (AvgIpc) is 2.90. The molecule has 0 radical (unpaired) electrons. The van der Waals surface area contributed by atoms with E-state index in [4.69, 9.17) is 14.2 Å². The van der Waals surface area contributed by atoms with Crippen molar-refractivity contribution in [1.82, 2.24) is 0 Å². The van der Waals surface area contributed by atoms with Crippen molar-refractivity contribution in [3.8, 4) is 11.5 Å². The van der Waals surface area contributed by atoms with Crippen molar-refractivity contribution < 1.29 is 28.9 Å². The lowest BCUT2D eigenvalue weighted by molar-refractivity contribution is -0.137. The number of methoxy groups -OCH3 is 2. The Morgan fingerprint density at radius 1 is 0.778 bits per heavy atom. The maximum atomic E-state index is 11.3. The third kappa shape index (κ3) is 13.4. The van der Waals surface area contributed by atoms with Crippen LogP contribution in [0.3, 0.4) is 0 Å². The smallest absolute Gasteiger partial charge is 0.331 e. The van der Waals surface area contributed by atoms with Gasteiger partial charge in [0.1, 0.15) is 11.5 Å². The van der Waals surface area contributed by atoms with Crippen LogP contribution >= 0.6 is 0 Å². The largest absolute Gasteiger partial charge is 0.497 e. The molecule has 2 aromatic carbocycles. The maximum absolute atomic E-state index is 11.3. The molecular formula is C30H40O6. The molecule has 1 N–H and O–H groups in total. The number of aliphatic carboxylic acids is 1. The van der Waals surface area contributed by atoms with Crippen LogP contribution in [0.4, 0.5) is 0 Å². The summed E-state index contributed by atoms with van der Waals surface area (Å²) in [6.07, 6.45) is 12.5. The molecule has 36 heavy (non-hydrogen) atoms. The summed E-state index contributed by atoms with van der Waals surface area (Å²) in [6.45, 7) is 4.37. The third-order valence-electron chi connectivity index (χ3n) is 5.35. The molecule has 6 heteroatoms. The number of ether oxygens (including phenoxy) is 3. The number of hydrogen-bond donors (Lipinski definition) is 1. The van der Waals surface area contributed by atoms with Crippen LogP contribution in [0.25, 0.3) is 12.2 Å². The number of carbonyl (C=O) groups is 2. The lowest BCUT2D eigenvalue weighted by Crippen LogP contribution is -2.00. The number of rotatable bonds is 14. The fourth-order valence-corrected chi connectivity index (χ4v) is 3.31. The normalized spacial score (nSPS) is 10.9. The fraction of sp³-hybridized carbons (Fsp3) is 0.400. The first-order valence-corrected chi connectivity index (χ1v) is 12.5. The first-order valence-electron chi connectivity index (χ1n) is 12.5. The van der Waals surface area contributed by atoms with Crippen LogP contribution < -0.4 is 9.47 Å². The molecule has 0 heterocycles. The number of benzene rings is 2. The molecule has 0 aromatic heterocycles. The van der Waals surface area contributed by atoms with E-state index < -0.39 is 5.97 Å². The summed E-state index contributed by atoms with van der Waals surface area (Å²) in [5, 5.41) is 9.28. The summed E-state index contributed by atoms with van der Waals surface area (Å²) < 4.78 is 14.9. The Balaban J connectivity index is 0.000000381. The van der Waals surface area contributed by atoms with Gasteiger partial charge in [-0.1, -0.05) is 63.3 Å². The predicted octanol–water partition coefficient (Wildman–Crippen LogP) is 7.19. The molecule has 2 rings (SSSR count). The minimum Gasteiger partial charge on any atom is -0.497 e. The molecule has 0 saturated heterocycles. The van der Waals surface area contributed by atoms with Crippen LogP contribution in [0.1, 0.15) is 69.9 Å². The molecule has 2 aromatic rings. The Morgan fingerprint density at radius 3 is 1.81 bits per heavy atom. The molecule has 0 aliphatic carbocycles. The summed E-state index contributed by atoms with van der Waals surface area (Å²) in [7, 11) is 3.23. The number of carboxylic acids is 1. The minimum atomic E-state index is -0.820. The molecule has 0 bridgehead atoms. The van der Waals surface area contributed by atoms with Crippen molar-refractivity contribution in [3.05, 3.63) is 71.3 Å². The Morgan fingerprint density at radius 2 is 1.31 bits per heavy atom. The standard InChI is InChI=1S/C18H26O3.C12H14O3/c1-3-4-5-6-7-8-9-16(18(19)20)14-15-10-12-17(21-2)13-11-15;1-3-15-12(13)9-6-10-4-7-11(14-2)8-5-10/h10-14H,3-9H2,1-2H3,(H,19,20);4-9H,3H2,1-2H3. The lowest BCUT2D eigenvalue weighted by Gasteiger charge is -2.04. The van der Waals surface area contributed by atoms with Gasteiger partial charge in [0.05, 0.1) is 20.8 Å². The highest BCUT2D eigenvalue weighted by atomic mass is 16.5. The van der Waals surface area contributed by atoms with Crippen molar-refractivity contribution >= 4 is 24.1 Å². The van der Waals surface area contributed by atoms with Gasteiger partial charge in [0.25, 0.3) is 0 Å². The molecule has 0 aliphatic heterocycles. The van der Waals surface area contributed by atoms with Gasteiger partial charge in [-0.3, -0.25) is 0 Å². The van der Waals surface area contributed by atoms with Crippen molar-refractivity contribution in [2.75, 3.05) is 20.8 Å². The second-order valence-corrected chi connectivity index (χ2v) is 8.12. The second-order valence-electron chi connectivity index (χ2n) is 8.12. The molecule has 0 aliphatic rings. The van der Waals surface area contributed by atoms with Crippen LogP contribution in [0.15, 0.2) is 60.2 Å². The highest BCUT2D eigenvalue weighted by Gasteiger charge is 2.07. The molecule has 0 spiro atoms. The van der Waals surface area contributed by atoms with Crippen molar-refractivity contribution in [2.24, 2.45) is 0 Å². The number of carboxylic acid groups (broad SMARTS) is 1. The monoisotopic (exact) mass is 496 g/mol. The fourth-order valence-electron chi connectivity index (χ4n) is 3.31. The predicted molar refractivity (Wildman–Crippen MR) is 145 cm³/mol. The molecule has 0 amide bonds. The van der Waals surface area contributed by atoms with E-state index in [2.05, 4.69) is 6.92 Å². The first kappa shape index (κ1) is 30.5. The zero-order valence-corrected chi connectivity index (χ0v) is 22.0. The van der Waals surface area contributed by atoms with E-state index in [-0.39, 0.29) is 5.97 Å². The second kappa shape index (κ2) is 18.7. The van der Waals surface area contributed by atoms with E-state index in [0.717, 1.165) is 35.5 Å². The minimum absolute atomic E-state index is 0.326. The molecular weight excluding hydrogens is 456 g/mol. The van der Waals surface area contributed by atoms with Crippen LogP contribution in [0.5, 0.6) is 11.5 Å². The maximum Gasteiger partial charge on any atom is 0.331 e. The molecule has 0 atom stereocenters. The Bertz CT molecular complexity index is 942. The Kier molecular flexibility index (Phi) is 15.9. The lowest BCUT2D eigenvalue weighted by atomic mass is 10.0.